The minimum absolute atomic E-state index is 0.435. The van der Waals surface area contributed by atoms with Crippen LogP contribution in [0, 0.1) is 5.41 Å². The van der Waals surface area contributed by atoms with Gasteiger partial charge < -0.3 is 16.4 Å². The van der Waals surface area contributed by atoms with Crippen molar-refractivity contribution in [2.45, 2.75) is 25.7 Å². The lowest BCUT2D eigenvalue weighted by molar-refractivity contribution is 0.157. The predicted octanol–water partition coefficient (Wildman–Crippen LogP) is 2.33. The molecule has 1 aliphatic carbocycles. The van der Waals surface area contributed by atoms with Crippen LogP contribution in [0.2, 0.25) is 0 Å². The summed E-state index contributed by atoms with van der Waals surface area (Å²) in [6.07, 6.45) is 6.31. The maximum atomic E-state index is 6.02. The molecule has 2 aliphatic rings. The van der Waals surface area contributed by atoms with E-state index in [1.165, 1.54) is 36.8 Å². The fourth-order valence-electron chi connectivity index (χ4n) is 3.55. The Kier molecular flexibility index (Phi) is 3.93. The molecule has 1 fully saturated rings. The Morgan fingerprint density at radius 1 is 1.14 bits per heavy atom. The number of likely N-dealkylation sites (tertiary alicyclic amines) is 1. The summed E-state index contributed by atoms with van der Waals surface area (Å²) in [6, 6.07) is 8.84. The molecule has 1 spiro atoms. The summed E-state index contributed by atoms with van der Waals surface area (Å²) in [5, 5.41) is 0. The van der Waals surface area contributed by atoms with Gasteiger partial charge in [0, 0.05) is 13.1 Å². The first kappa shape index (κ1) is 14.4. The molecule has 0 amide bonds. The topological polar surface area (TPSA) is 67.6 Å². The Labute approximate surface area is 134 Å². The molecule has 1 aromatic carbocycles. The van der Waals surface area contributed by atoms with Gasteiger partial charge >= 0.3 is 0 Å². The summed E-state index contributed by atoms with van der Waals surface area (Å²) >= 11 is 3.15. The molecule has 1 aromatic rings. The molecular weight excluding hydrogens is 328 g/mol. The monoisotopic (exact) mass is 348 g/mol. The largest absolute Gasteiger partial charge is 0.392 e. The molecule has 3 rings (SSSR count). The number of rotatable bonds is 1. The number of piperidine rings is 1. The zero-order valence-corrected chi connectivity index (χ0v) is 13.6. The fourth-order valence-corrected chi connectivity index (χ4v) is 3.65. The van der Waals surface area contributed by atoms with E-state index in [2.05, 4.69) is 50.1 Å². The summed E-state index contributed by atoms with van der Waals surface area (Å²) in [4.78, 5) is 6.34. The van der Waals surface area contributed by atoms with Crippen molar-refractivity contribution in [2.24, 2.45) is 21.9 Å². The van der Waals surface area contributed by atoms with Crippen LogP contribution in [0.1, 0.15) is 24.0 Å². The van der Waals surface area contributed by atoms with Gasteiger partial charge in [-0.05, 0) is 58.2 Å². The third-order valence-corrected chi connectivity index (χ3v) is 4.92. The van der Waals surface area contributed by atoms with Crippen LogP contribution >= 0.6 is 15.9 Å². The minimum Gasteiger partial charge on any atom is -0.392 e. The normalized spacial score (nSPS) is 21.7. The number of aliphatic imine (C=N–C) groups is 1. The lowest BCUT2D eigenvalue weighted by Crippen LogP contribution is -2.46. The lowest BCUT2D eigenvalue weighted by Gasteiger charge is -2.39. The van der Waals surface area contributed by atoms with Gasteiger partial charge in [-0.15, -0.1) is 0 Å². The van der Waals surface area contributed by atoms with Gasteiger partial charge in [0.15, 0.2) is 5.96 Å². The molecule has 4 N–H and O–H groups in total. The van der Waals surface area contributed by atoms with Crippen molar-refractivity contribution in [3.05, 3.63) is 46.2 Å². The average Bonchev–Trinajstić information content (AvgIpc) is 2.83. The van der Waals surface area contributed by atoms with Crippen LogP contribution in [-0.4, -0.2) is 23.9 Å². The Bertz CT molecular complexity index is 555. The van der Waals surface area contributed by atoms with E-state index in [4.69, 9.17) is 11.5 Å². The van der Waals surface area contributed by atoms with Gasteiger partial charge in [0.25, 0.3) is 0 Å². The van der Waals surface area contributed by atoms with E-state index < -0.39 is 0 Å². The Hall–Kier alpha value is -1.49. The average molecular weight is 349 g/mol. The summed E-state index contributed by atoms with van der Waals surface area (Å²) in [5.41, 5.74) is 15.0. The number of hydrogen-bond acceptors (Lipinski definition) is 2. The van der Waals surface area contributed by atoms with Gasteiger partial charge in [-0.3, -0.25) is 0 Å². The number of halogens is 1. The van der Waals surface area contributed by atoms with E-state index in [1.807, 2.05) is 0 Å². The van der Waals surface area contributed by atoms with Crippen molar-refractivity contribution in [3.63, 3.8) is 0 Å². The maximum absolute atomic E-state index is 6.02. The Balaban J connectivity index is 1.64. The molecule has 0 radical (unpaired) electrons. The highest BCUT2D eigenvalue weighted by atomic mass is 79.9. The number of guanidine groups is 1. The molecule has 1 heterocycles. The van der Waals surface area contributed by atoms with Crippen molar-refractivity contribution >= 4 is 21.9 Å². The highest BCUT2D eigenvalue weighted by Gasteiger charge is 2.39. The van der Waals surface area contributed by atoms with Crippen molar-refractivity contribution in [3.8, 4) is 0 Å². The smallest absolute Gasteiger partial charge is 0.195 e. The summed E-state index contributed by atoms with van der Waals surface area (Å²) in [5.74, 6) is 0.558. The van der Waals surface area contributed by atoms with Crippen LogP contribution < -0.4 is 11.5 Å². The van der Waals surface area contributed by atoms with E-state index in [0.717, 1.165) is 13.1 Å². The zero-order chi connectivity index (χ0) is 14.9. The minimum atomic E-state index is 0.435. The van der Waals surface area contributed by atoms with Gasteiger partial charge in [-0.1, -0.05) is 24.3 Å². The number of benzene rings is 1. The molecule has 0 aromatic heterocycles. The molecule has 21 heavy (non-hydrogen) atoms. The molecule has 4 nitrogen and oxygen atoms in total. The molecule has 0 bridgehead atoms. The molecule has 0 saturated carbocycles. The van der Waals surface area contributed by atoms with E-state index in [1.54, 1.807) is 6.20 Å². The van der Waals surface area contributed by atoms with Gasteiger partial charge in [0.05, 0.1) is 10.8 Å². The van der Waals surface area contributed by atoms with E-state index in [9.17, 15) is 0 Å². The van der Waals surface area contributed by atoms with Crippen LogP contribution in [0.4, 0.5) is 0 Å². The molecular formula is C16H21BrN4. The summed E-state index contributed by atoms with van der Waals surface area (Å²) < 4.78 is 0.491. The lowest BCUT2D eigenvalue weighted by atomic mass is 9.76. The fraction of sp³-hybridized carbons (Fsp3) is 0.438. The molecule has 0 atom stereocenters. The number of hydrogen-bond donors (Lipinski definition) is 2. The third-order valence-electron chi connectivity index (χ3n) is 4.72. The predicted molar refractivity (Wildman–Crippen MR) is 89.9 cm³/mol. The molecule has 5 heteroatoms. The van der Waals surface area contributed by atoms with Crippen molar-refractivity contribution < 1.29 is 0 Å². The number of nitrogens with two attached hydrogens (primary N) is 2. The van der Waals surface area contributed by atoms with Crippen LogP contribution in [0.25, 0.3) is 0 Å². The van der Waals surface area contributed by atoms with Gasteiger partial charge in [0.1, 0.15) is 0 Å². The standard InChI is InChI=1S/C16H21BrN4/c17-14(18)11-20-15(19)21-7-5-16(6-8-21)9-12-3-1-2-4-13(12)10-16/h1-4,11H,5-10,18H2,(H2,19,20)/b14-11-. The quantitative estimate of drug-likeness (QED) is 0.465. The van der Waals surface area contributed by atoms with E-state index in [0.29, 0.717) is 16.0 Å². The van der Waals surface area contributed by atoms with Gasteiger partial charge in [-0.2, -0.15) is 0 Å². The second-order valence-corrected chi connectivity index (χ2v) is 7.03. The van der Waals surface area contributed by atoms with Crippen LogP contribution in [-0.2, 0) is 12.8 Å². The molecule has 1 saturated heterocycles. The summed E-state index contributed by atoms with van der Waals surface area (Å²) in [7, 11) is 0. The van der Waals surface area contributed by atoms with Crippen molar-refractivity contribution in [1.29, 1.82) is 0 Å². The first-order valence-corrected chi connectivity index (χ1v) is 8.13. The number of nitrogens with zero attached hydrogens (tertiary/aromatic N) is 2. The summed E-state index contributed by atoms with van der Waals surface area (Å²) in [6.45, 7) is 1.94. The number of fused-ring (bicyclic) bond motifs is 1. The van der Waals surface area contributed by atoms with Gasteiger partial charge in [-0.25, -0.2) is 4.99 Å². The van der Waals surface area contributed by atoms with Crippen LogP contribution in [0.15, 0.2) is 40.1 Å². The highest BCUT2D eigenvalue weighted by Crippen LogP contribution is 2.44. The second-order valence-electron chi connectivity index (χ2n) is 6.11. The van der Waals surface area contributed by atoms with E-state index in [-0.39, 0.29) is 0 Å². The maximum Gasteiger partial charge on any atom is 0.195 e. The van der Waals surface area contributed by atoms with Crippen LogP contribution in [0.3, 0.4) is 0 Å². The molecule has 0 unspecified atom stereocenters. The first-order chi connectivity index (χ1) is 10.1. The third kappa shape index (κ3) is 3.07. The highest BCUT2D eigenvalue weighted by molar-refractivity contribution is 9.11. The van der Waals surface area contributed by atoms with Crippen molar-refractivity contribution in [1.82, 2.24) is 4.90 Å². The SMILES string of the molecule is NC(=N/C=C(\N)Br)N1CCC2(CC1)Cc1ccccc1C2. The molecule has 1 aliphatic heterocycles. The van der Waals surface area contributed by atoms with Crippen molar-refractivity contribution in [2.75, 3.05) is 13.1 Å². The van der Waals surface area contributed by atoms with E-state index >= 15 is 0 Å². The second kappa shape index (κ2) is 5.72. The Morgan fingerprint density at radius 2 is 1.71 bits per heavy atom. The zero-order valence-electron chi connectivity index (χ0n) is 12.1. The molecule has 112 valence electrons. The van der Waals surface area contributed by atoms with Crippen LogP contribution in [0.5, 0.6) is 0 Å². The van der Waals surface area contributed by atoms with Gasteiger partial charge in [0.2, 0.25) is 0 Å². The Morgan fingerprint density at radius 3 is 2.24 bits per heavy atom. The first-order valence-electron chi connectivity index (χ1n) is 7.34.